The van der Waals surface area contributed by atoms with Gasteiger partial charge in [-0.25, -0.2) is 0 Å². The summed E-state index contributed by atoms with van der Waals surface area (Å²) in [7, 11) is 0. The maximum absolute atomic E-state index is 11.8. The van der Waals surface area contributed by atoms with E-state index in [0.717, 1.165) is 25.1 Å². The van der Waals surface area contributed by atoms with Crippen LogP contribution in [0.1, 0.15) is 38.2 Å². The minimum atomic E-state index is -0.609. The van der Waals surface area contributed by atoms with Crippen LogP contribution in [0.2, 0.25) is 0 Å². The molecule has 2 amide bonds. The van der Waals surface area contributed by atoms with E-state index in [0.29, 0.717) is 18.3 Å². The van der Waals surface area contributed by atoms with Crippen molar-refractivity contribution in [2.45, 2.75) is 45.6 Å². The number of hydrogen-bond acceptors (Lipinski definition) is 3. The fraction of sp³-hybridized carbons (Fsp3) is 0.556. The highest BCUT2D eigenvalue weighted by atomic mass is 16.2. The summed E-state index contributed by atoms with van der Waals surface area (Å²) < 4.78 is 0. The van der Waals surface area contributed by atoms with Crippen molar-refractivity contribution in [1.82, 2.24) is 10.2 Å². The van der Waals surface area contributed by atoms with E-state index in [2.05, 4.69) is 22.5 Å². The van der Waals surface area contributed by atoms with Gasteiger partial charge in [0.2, 0.25) is 0 Å². The van der Waals surface area contributed by atoms with E-state index in [-0.39, 0.29) is 0 Å². The highest BCUT2D eigenvalue weighted by Crippen LogP contribution is 2.16. The van der Waals surface area contributed by atoms with Crippen LogP contribution in [0.15, 0.2) is 24.3 Å². The molecular weight excluding hydrogens is 290 g/mol. The van der Waals surface area contributed by atoms with Gasteiger partial charge < -0.3 is 15.5 Å². The number of hydrogen-bond donors (Lipinski definition) is 2. The Hall–Kier alpha value is -1.88. The van der Waals surface area contributed by atoms with E-state index in [1.807, 2.05) is 25.1 Å². The van der Waals surface area contributed by atoms with Gasteiger partial charge in [0.05, 0.1) is 0 Å². The SMILES string of the molecule is Cc1cccc(NC(=O)C(=O)NCCCN2CCCC[C@H]2C)c1. The number of carbonyl (C=O) groups excluding carboxylic acids is 2. The molecule has 1 aromatic rings. The summed E-state index contributed by atoms with van der Waals surface area (Å²) in [5.74, 6) is -1.18. The van der Waals surface area contributed by atoms with Crippen LogP contribution < -0.4 is 10.6 Å². The zero-order valence-corrected chi connectivity index (χ0v) is 14.1. The monoisotopic (exact) mass is 317 g/mol. The molecule has 0 unspecified atom stereocenters. The van der Waals surface area contributed by atoms with Gasteiger partial charge in [0.1, 0.15) is 0 Å². The number of anilines is 1. The lowest BCUT2D eigenvalue weighted by Gasteiger charge is -2.33. The van der Waals surface area contributed by atoms with E-state index in [1.165, 1.54) is 19.3 Å². The third-order valence-corrected chi connectivity index (χ3v) is 4.33. The molecule has 0 aromatic heterocycles. The fourth-order valence-electron chi connectivity index (χ4n) is 2.96. The zero-order valence-electron chi connectivity index (χ0n) is 14.1. The standard InChI is InChI=1S/C18H27N3O2/c1-14-7-5-9-16(13-14)20-18(23)17(22)19-10-6-12-21-11-4-3-8-15(21)2/h5,7,9,13,15H,3-4,6,8,10-12H2,1-2H3,(H,19,22)(H,20,23)/t15-/m1/s1. The Labute approximate surface area is 138 Å². The smallest absolute Gasteiger partial charge is 0.313 e. The van der Waals surface area contributed by atoms with Gasteiger partial charge in [-0.15, -0.1) is 0 Å². The first-order chi connectivity index (χ1) is 11.1. The Morgan fingerprint density at radius 3 is 2.83 bits per heavy atom. The van der Waals surface area contributed by atoms with Crippen molar-refractivity contribution in [3.05, 3.63) is 29.8 Å². The number of aryl methyl sites for hydroxylation is 1. The van der Waals surface area contributed by atoms with Gasteiger partial charge in [-0.05, 0) is 57.4 Å². The van der Waals surface area contributed by atoms with Gasteiger partial charge in [-0.3, -0.25) is 9.59 Å². The first-order valence-corrected chi connectivity index (χ1v) is 8.46. The van der Waals surface area contributed by atoms with Crippen molar-refractivity contribution in [2.24, 2.45) is 0 Å². The lowest BCUT2D eigenvalue weighted by Crippen LogP contribution is -2.40. The van der Waals surface area contributed by atoms with E-state index in [9.17, 15) is 9.59 Å². The van der Waals surface area contributed by atoms with Crippen molar-refractivity contribution < 1.29 is 9.59 Å². The lowest BCUT2D eigenvalue weighted by molar-refractivity contribution is -0.136. The van der Waals surface area contributed by atoms with Crippen LogP contribution in [0, 0.1) is 6.92 Å². The first kappa shape index (κ1) is 17.5. The molecule has 0 radical (unpaired) electrons. The van der Waals surface area contributed by atoms with Crippen molar-refractivity contribution in [3.8, 4) is 0 Å². The summed E-state index contributed by atoms with van der Waals surface area (Å²) in [6.07, 6.45) is 4.70. The third kappa shape index (κ3) is 5.67. The molecular formula is C18H27N3O2. The van der Waals surface area contributed by atoms with E-state index < -0.39 is 11.8 Å². The van der Waals surface area contributed by atoms with E-state index in [1.54, 1.807) is 6.07 Å². The van der Waals surface area contributed by atoms with Crippen molar-refractivity contribution >= 4 is 17.5 Å². The summed E-state index contributed by atoms with van der Waals surface area (Å²) in [5, 5.41) is 5.31. The number of amides is 2. The highest BCUT2D eigenvalue weighted by molar-refractivity contribution is 6.39. The molecule has 0 saturated carbocycles. The second kappa shape index (κ2) is 8.67. The molecule has 5 heteroatoms. The van der Waals surface area contributed by atoms with Crippen LogP contribution in [0.4, 0.5) is 5.69 Å². The Bertz CT molecular complexity index is 545. The third-order valence-electron chi connectivity index (χ3n) is 4.33. The molecule has 0 bridgehead atoms. The van der Waals surface area contributed by atoms with Crippen LogP contribution in [0.5, 0.6) is 0 Å². The van der Waals surface area contributed by atoms with Crippen LogP contribution in [0.3, 0.4) is 0 Å². The summed E-state index contributed by atoms with van der Waals surface area (Å²) in [6.45, 7) is 6.84. The maximum Gasteiger partial charge on any atom is 0.313 e. The van der Waals surface area contributed by atoms with Crippen LogP contribution in [-0.4, -0.2) is 42.4 Å². The molecule has 23 heavy (non-hydrogen) atoms. The molecule has 2 rings (SSSR count). The minimum absolute atomic E-state index is 0.531. The number of nitrogens with zero attached hydrogens (tertiary/aromatic N) is 1. The van der Waals surface area contributed by atoms with Crippen molar-refractivity contribution in [1.29, 1.82) is 0 Å². The average Bonchev–Trinajstić information content (AvgIpc) is 2.53. The second-order valence-corrected chi connectivity index (χ2v) is 6.31. The molecule has 1 atom stereocenters. The average molecular weight is 317 g/mol. The predicted molar refractivity (Wildman–Crippen MR) is 92.3 cm³/mol. The molecule has 1 aliphatic heterocycles. The molecule has 5 nitrogen and oxygen atoms in total. The quantitative estimate of drug-likeness (QED) is 0.647. The first-order valence-electron chi connectivity index (χ1n) is 8.46. The second-order valence-electron chi connectivity index (χ2n) is 6.31. The van der Waals surface area contributed by atoms with Gasteiger partial charge in [0.15, 0.2) is 0 Å². The fourth-order valence-corrected chi connectivity index (χ4v) is 2.96. The minimum Gasteiger partial charge on any atom is -0.348 e. The lowest BCUT2D eigenvalue weighted by atomic mass is 10.0. The maximum atomic E-state index is 11.8. The van der Waals surface area contributed by atoms with Gasteiger partial charge in [-0.1, -0.05) is 18.6 Å². The molecule has 0 spiro atoms. The van der Waals surface area contributed by atoms with Gasteiger partial charge in [-0.2, -0.15) is 0 Å². The molecule has 1 saturated heterocycles. The molecule has 1 aromatic carbocycles. The Kier molecular flexibility index (Phi) is 6.59. The largest absolute Gasteiger partial charge is 0.348 e. The Morgan fingerprint density at radius 1 is 1.26 bits per heavy atom. The number of benzene rings is 1. The highest BCUT2D eigenvalue weighted by Gasteiger charge is 2.18. The summed E-state index contributed by atoms with van der Waals surface area (Å²) >= 11 is 0. The van der Waals surface area contributed by atoms with Gasteiger partial charge >= 0.3 is 11.8 Å². The number of piperidine rings is 1. The van der Waals surface area contributed by atoms with Gasteiger partial charge in [0, 0.05) is 24.8 Å². The number of carbonyl (C=O) groups is 2. The van der Waals surface area contributed by atoms with Crippen LogP contribution >= 0.6 is 0 Å². The normalized spacial score (nSPS) is 18.4. The molecule has 1 heterocycles. The van der Waals surface area contributed by atoms with Crippen molar-refractivity contribution in [3.63, 3.8) is 0 Å². The van der Waals surface area contributed by atoms with Crippen molar-refractivity contribution in [2.75, 3.05) is 25.0 Å². The number of likely N-dealkylation sites (tertiary alicyclic amines) is 1. The van der Waals surface area contributed by atoms with Crippen LogP contribution in [-0.2, 0) is 9.59 Å². The zero-order chi connectivity index (χ0) is 16.7. The Morgan fingerprint density at radius 2 is 2.09 bits per heavy atom. The Balaban J connectivity index is 1.67. The molecule has 126 valence electrons. The van der Waals surface area contributed by atoms with E-state index in [4.69, 9.17) is 0 Å². The summed E-state index contributed by atoms with van der Waals surface area (Å²) in [6, 6.07) is 8.03. The summed E-state index contributed by atoms with van der Waals surface area (Å²) in [4.78, 5) is 26.1. The predicted octanol–water partition coefficient (Wildman–Crippen LogP) is 2.31. The molecule has 2 N–H and O–H groups in total. The molecule has 1 aliphatic rings. The topological polar surface area (TPSA) is 61.4 Å². The van der Waals surface area contributed by atoms with Gasteiger partial charge in [0.25, 0.3) is 0 Å². The van der Waals surface area contributed by atoms with E-state index >= 15 is 0 Å². The molecule has 0 aliphatic carbocycles. The molecule has 1 fully saturated rings. The van der Waals surface area contributed by atoms with Crippen LogP contribution in [0.25, 0.3) is 0 Å². The summed E-state index contributed by atoms with van der Waals surface area (Å²) in [5.41, 5.74) is 1.69. The number of nitrogens with one attached hydrogen (secondary N) is 2. The number of rotatable bonds is 5.